The lowest BCUT2D eigenvalue weighted by Crippen LogP contribution is -2.44. The smallest absolute Gasteiger partial charge is 0.251 e. The average Bonchev–Trinajstić information content (AvgIpc) is 2.49. The van der Waals surface area contributed by atoms with Crippen molar-refractivity contribution in [1.82, 2.24) is 9.88 Å². The zero-order valence-corrected chi connectivity index (χ0v) is 13.4. The van der Waals surface area contributed by atoms with Crippen LogP contribution in [-0.4, -0.2) is 17.7 Å². The van der Waals surface area contributed by atoms with Crippen molar-refractivity contribution in [2.24, 2.45) is 5.92 Å². The SMILES string of the molecule is Cc1cc(Cl)ccc1-c1cc2n(c(=O)c1)C[C@@H]1CNC[C@H]2C1. The van der Waals surface area contributed by atoms with Crippen LogP contribution in [0.25, 0.3) is 11.1 Å². The van der Waals surface area contributed by atoms with Crippen LogP contribution in [0.5, 0.6) is 0 Å². The van der Waals surface area contributed by atoms with Crippen molar-refractivity contribution in [3.05, 3.63) is 57.0 Å². The molecule has 0 aliphatic carbocycles. The highest BCUT2D eigenvalue weighted by atomic mass is 35.5. The number of nitrogens with zero attached hydrogens (tertiary/aromatic N) is 1. The first-order valence-electron chi connectivity index (χ1n) is 7.84. The molecule has 1 aromatic heterocycles. The van der Waals surface area contributed by atoms with E-state index in [1.54, 1.807) is 6.07 Å². The van der Waals surface area contributed by atoms with E-state index in [0.29, 0.717) is 11.8 Å². The molecule has 2 aliphatic rings. The van der Waals surface area contributed by atoms with Crippen molar-refractivity contribution < 1.29 is 0 Å². The highest BCUT2D eigenvalue weighted by Gasteiger charge is 2.31. The predicted molar refractivity (Wildman–Crippen MR) is 89.6 cm³/mol. The molecule has 1 aromatic carbocycles. The van der Waals surface area contributed by atoms with Crippen LogP contribution in [0, 0.1) is 12.8 Å². The Kier molecular flexibility index (Phi) is 3.35. The second-order valence-electron chi connectivity index (χ2n) is 6.53. The monoisotopic (exact) mass is 314 g/mol. The molecular formula is C18H19ClN2O. The van der Waals surface area contributed by atoms with Crippen molar-refractivity contribution in [2.45, 2.75) is 25.8 Å². The van der Waals surface area contributed by atoms with Gasteiger partial charge in [0.25, 0.3) is 5.56 Å². The highest BCUT2D eigenvalue weighted by Crippen LogP contribution is 2.34. The van der Waals surface area contributed by atoms with Crippen LogP contribution in [0.1, 0.15) is 23.6 Å². The van der Waals surface area contributed by atoms with Gasteiger partial charge in [-0.1, -0.05) is 17.7 Å². The second-order valence-corrected chi connectivity index (χ2v) is 6.97. The van der Waals surface area contributed by atoms with Crippen LogP contribution >= 0.6 is 11.6 Å². The van der Waals surface area contributed by atoms with Gasteiger partial charge < -0.3 is 9.88 Å². The van der Waals surface area contributed by atoms with E-state index in [1.165, 1.54) is 12.1 Å². The molecule has 1 N–H and O–H groups in total. The molecular weight excluding hydrogens is 296 g/mol. The zero-order valence-electron chi connectivity index (χ0n) is 12.6. The van der Waals surface area contributed by atoms with E-state index in [-0.39, 0.29) is 5.56 Å². The number of hydrogen-bond acceptors (Lipinski definition) is 2. The quantitative estimate of drug-likeness (QED) is 0.877. The summed E-state index contributed by atoms with van der Waals surface area (Å²) < 4.78 is 1.98. The lowest BCUT2D eigenvalue weighted by atomic mass is 9.83. The number of nitrogens with one attached hydrogen (secondary N) is 1. The van der Waals surface area contributed by atoms with Crippen molar-refractivity contribution >= 4 is 11.6 Å². The standard InChI is InChI=1S/C18H19ClN2O/c1-11-4-15(19)2-3-16(11)13-6-17-14-5-12(8-20-9-14)10-21(17)18(22)7-13/h2-4,6-7,12,14,20H,5,8-10H2,1H3/t12-,14+/m0/s1. The molecule has 0 spiro atoms. The molecule has 0 amide bonds. The molecule has 1 saturated heterocycles. The molecule has 1 fully saturated rings. The van der Waals surface area contributed by atoms with Crippen molar-refractivity contribution in [3.63, 3.8) is 0 Å². The minimum Gasteiger partial charge on any atom is -0.316 e. The van der Waals surface area contributed by atoms with Gasteiger partial charge in [0.1, 0.15) is 0 Å². The fraction of sp³-hybridized carbons (Fsp3) is 0.389. The van der Waals surface area contributed by atoms with E-state index in [4.69, 9.17) is 11.6 Å². The lowest BCUT2D eigenvalue weighted by molar-refractivity contribution is 0.257. The maximum atomic E-state index is 12.6. The van der Waals surface area contributed by atoms with Crippen molar-refractivity contribution in [1.29, 1.82) is 0 Å². The number of aromatic nitrogens is 1. The Bertz CT molecular complexity index is 796. The summed E-state index contributed by atoms with van der Waals surface area (Å²) in [5.74, 6) is 1.04. The van der Waals surface area contributed by atoms with Crippen LogP contribution < -0.4 is 10.9 Å². The van der Waals surface area contributed by atoms with Crippen molar-refractivity contribution in [2.75, 3.05) is 13.1 Å². The zero-order chi connectivity index (χ0) is 15.3. The van der Waals surface area contributed by atoms with Gasteiger partial charge in [-0.05, 0) is 60.7 Å². The van der Waals surface area contributed by atoms with Gasteiger partial charge in [-0.15, -0.1) is 0 Å². The molecule has 3 nitrogen and oxygen atoms in total. The Morgan fingerprint density at radius 1 is 1.23 bits per heavy atom. The normalized spacial score (nSPS) is 23.2. The van der Waals surface area contributed by atoms with Gasteiger partial charge in [-0.2, -0.15) is 0 Å². The molecule has 114 valence electrons. The molecule has 2 bridgehead atoms. The molecule has 0 unspecified atom stereocenters. The number of pyridine rings is 1. The maximum Gasteiger partial charge on any atom is 0.251 e. The van der Waals surface area contributed by atoms with Gasteiger partial charge in [0, 0.05) is 35.8 Å². The Hall–Kier alpha value is -1.58. The second kappa shape index (κ2) is 5.25. The Labute approximate surface area is 134 Å². The van der Waals surface area contributed by atoms with Crippen LogP contribution in [0.2, 0.25) is 5.02 Å². The lowest BCUT2D eigenvalue weighted by Gasteiger charge is -2.37. The minimum atomic E-state index is 0.124. The third-order valence-corrected chi connectivity index (χ3v) is 5.20. The minimum absolute atomic E-state index is 0.124. The number of benzene rings is 1. The maximum absolute atomic E-state index is 12.6. The van der Waals surface area contributed by atoms with Gasteiger partial charge >= 0.3 is 0 Å². The van der Waals surface area contributed by atoms with Crippen LogP contribution in [0.3, 0.4) is 0 Å². The molecule has 2 aromatic rings. The number of halogens is 1. The molecule has 0 saturated carbocycles. The van der Waals surface area contributed by atoms with E-state index in [1.807, 2.05) is 29.7 Å². The van der Waals surface area contributed by atoms with Crippen LogP contribution in [0.15, 0.2) is 35.1 Å². The molecule has 0 radical (unpaired) electrons. The molecule has 4 rings (SSSR count). The molecule has 3 heterocycles. The summed E-state index contributed by atoms with van der Waals surface area (Å²) in [4.78, 5) is 12.6. The van der Waals surface area contributed by atoms with Gasteiger partial charge in [-0.3, -0.25) is 4.79 Å². The summed E-state index contributed by atoms with van der Waals surface area (Å²) in [7, 11) is 0. The molecule has 2 atom stereocenters. The third kappa shape index (κ3) is 2.29. The number of rotatable bonds is 1. The number of piperidine rings is 1. The van der Waals surface area contributed by atoms with E-state index in [2.05, 4.69) is 11.4 Å². The third-order valence-electron chi connectivity index (χ3n) is 4.96. The fourth-order valence-corrected chi connectivity index (χ4v) is 4.14. The Morgan fingerprint density at radius 2 is 2.09 bits per heavy atom. The number of aryl methyl sites for hydroxylation is 1. The fourth-order valence-electron chi connectivity index (χ4n) is 3.91. The summed E-state index contributed by atoms with van der Waals surface area (Å²) in [5, 5.41) is 4.22. The Morgan fingerprint density at radius 3 is 2.91 bits per heavy atom. The predicted octanol–water partition coefficient (Wildman–Crippen LogP) is 3.18. The van der Waals surface area contributed by atoms with E-state index in [9.17, 15) is 4.79 Å². The summed E-state index contributed by atoms with van der Waals surface area (Å²) in [6.45, 7) is 4.88. The summed E-state index contributed by atoms with van der Waals surface area (Å²) in [6.07, 6.45) is 1.19. The number of hydrogen-bond donors (Lipinski definition) is 1. The first kappa shape index (κ1) is 14.0. The molecule has 2 aliphatic heterocycles. The summed E-state index contributed by atoms with van der Waals surface area (Å²) in [5.41, 5.74) is 4.51. The first-order chi connectivity index (χ1) is 10.6. The van der Waals surface area contributed by atoms with Crippen LogP contribution in [0.4, 0.5) is 0 Å². The van der Waals surface area contributed by atoms with E-state index < -0.39 is 0 Å². The van der Waals surface area contributed by atoms with Crippen LogP contribution in [-0.2, 0) is 6.54 Å². The van der Waals surface area contributed by atoms with Gasteiger partial charge in [-0.25, -0.2) is 0 Å². The van der Waals surface area contributed by atoms with Gasteiger partial charge in [0.2, 0.25) is 0 Å². The number of fused-ring (bicyclic) bond motifs is 4. The average molecular weight is 315 g/mol. The summed E-state index contributed by atoms with van der Waals surface area (Å²) >= 11 is 6.05. The first-order valence-corrected chi connectivity index (χ1v) is 8.21. The Balaban J connectivity index is 1.86. The summed E-state index contributed by atoms with van der Waals surface area (Å²) in [6, 6.07) is 9.82. The molecule has 4 heteroatoms. The topological polar surface area (TPSA) is 34.0 Å². The van der Waals surface area contributed by atoms with Crippen molar-refractivity contribution in [3.8, 4) is 11.1 Å². The van der Waals surface area contributed by atoms with Gasteiger partial charge in [0.15, 0.2) is 0 Å². The van der Waals surface area contributed by atoms with E-state index in [0.717, 1.165) is 41.3 Å². The molecule has 22 heavy (non-hydrogen) atoms. The largest absolute Gasteiger partial charge is 0.316 e. The van der Waals surface area contributed by atoms with E-state index >= 15 is 0 Å². The van der Waals surface area contributed by atoms with Gasteiger partial charge in [0.05, 0.1) is 0 Å². The highest BCUT2D eigenvalue weighted by molar-refractivity contribution is 6.30.